The molecule has 1 heterocycles. The van der Waals surface area contributed by atoms with E-state index in [9.17, 15) is 9.59 Å². The molecule has 0 spiro atoms. The Kier molecular flexibility index (Phi) is 4.81. The first-order valence-electron chi connectivity index (χ1n) is 6.67. The average molecular weight is 284 g/mol. The number of rotatable bonds is 5. The number of carbonyl (C=O) groups excluding carboxylic acids is 1. The van der Waals surface area contributed by atoms with Crippen molar-refractivity contribution in [2.75, 3.05) is 13.1 Å². The van der Waals surface area contributed by atoms with Crippen LogP contribution in [0.25, 0.3) is 0 Å². The number of aliphatic carboxylic acids is 1. The van der Waals surface area contributed by atoms with Gasteiger partial charge < -0.3 is 20.1 Å². The van der Waals surface area contributed by atoms with Gasteiger partial charge >= 0.3 is 12.1 Å². The summed E-state index contributed by atoms with van der Waals surface area (Å²) < 4.78 is 5.26. The Bertz CT molecular complexity index is 394. The van der Waals surface area contributed by atoms with Crippen LogP contribution in [0.1, 0.15) is 34.1 Å². The van der Waals surface area contributed by atoms with Crippen molar-refractivity contribution in [3.8, 4) is 0 Å². The van der Waals surface area contributed by atoms with Crippen LogP contribution in [0.4, 0.5) is 4.79 Å². The molecule has 0 bridgehead atoms. The molecule has 1 unspecified atom stereocenters. The van der Waals surface area contributed by atoms with Crippen molar-refractivity contribution in [3.63, 3.8) is 0 Å². The van der Waals surface area contributed by atoms with E-state index in [0.717, 1.165) is 0 Å². The molecule has 1 rings (SSSR count). The number of carbonyl (C=O) groups is 2. The highest BCUT2D eigenvalue weighted by Gasteiger charge is 2.48. The van der Waals surface area contributed by atoms with E-state index < -0.39 is 23.2 Å². The Labute approximate surface area is 119 Å². The number of amides is 1. The molecule has 1 atom stereocenters. The molecule has 1 aliphatic rings. The Balaban J connectivity index is 2.63. The zero-order valence-corrected chi connectivity index (χ0v) is 12.6. The van der Waals surface area contributed by atoms with Gasteiger partial charge in [0.05, 0.1) is 12.0 Å². The molecule has 20 heavy (non-hydrogen) atoms. The third-order valence-corrected chi connectivity index (χ3v) is 3.02. The van der Waals surface area contributed by atoms with Crippen LogP contribution in [0.3, 0.4) is 0 Å². The summed E-state index contributed by atoms with van der Waals surface area (Å²) in [5.41, 5.74) is -1.15. The van der Waals surface area contributed by atoms with E-state index in [-0.39, 0.29) is 12.5 Å². The minimum atomic E-state index is -0.891. The van der Waals surface area contributed by atoms with Crippen molar-refractivity contribution >= 4 is 12.1 Å². The van der Waals surface area contributed by atoms with Crippen LogP contribution in [0, 0.1) is 0 Å². The lowest BCUT2D eigenvalue weighted by Crippen LogP contribution is -2.72. The van der Waals surface area contributed by atoms with Gasteiger partial charge in [0.1, 0.15) is 5.60 Å². The van der Waals surface area contributed by atoms with Gasteiger partial charge in [0.2, 0.25) is 0 Å². The summed E-state index contributed by atoms with van der Waals surface area (Å²) in [7, 11) is 0. The van der Waals surface area contributed by atoms with Gasteiger partial charge in [-0.25, -0.2) is 4.79 Å². The third kappa shape index (κ3) is 4.52. The average Bonchev–Trinajstić information content (AvgIpc) is 2.21. The summed E-state index contributed by atoms with van der Waals surface area (Å²) in [5.74, 6) is -0.891. The number of nitrogens with one attached hydrogen (secondary N) is 1. The van der Waals surface area contributed by atoms with E-state index >= 15 is 0 Å². The third-order valence-electron chi connectivity index (χ3n) is 3.02. The summed E-state index contributed by atoms with van der Waals surface area (Å²) in [6.07, 6.45) is 1.26. The first-order chi connectivity index (χ1) is 9.07. The van der Waals surface area contributed by atoms with Gasteiger partial charge in [-0.1, -0.05) is 6.08 Å². The number of hydrogen-bond donors (Lipinski definition) is 2. The Hall–Kier alpha value is -1.56. The molecule has 114 valence electrons. The van der Waals surface area contributed by atoms with E-state index in [1.807, 2.05) is 6.92 Å². The second-order valence-corrected chi connectivity index (χ2v) is 6.36. The molecule has 1 amide bonds. The Morgan fingerprint density at radius 3 is 2.45 bits per heavy atom. The second-order valence-electron chi connectivity index (χ2n) is 6.36. The predicted molar refractivity (Wildman–Crippen MR) is 75.6 cm³/mol. The van der Waals surface area contributed by atoms with Crippen molar-refractivity contribution in [3.05, 3.63) is 12.7 Å². The van der Waals surface area contributed by atoms with E-state index in [2.05, 4.69) is 11.9 Å². The first-order valence-corrected chi connectivity index (χ1v) is 6.67. The topological polar surface area (TPSA) is 78.9 Å². The maximum absolute atomic E-state index is 11.9. The number of hydrogen-bond acceptors (Lipinski definition) is 4. The van der Waals surface area contributed by atoms with Crippen LogP contribution in [0.15, 0.2) is 12.7 Å². The number of nitrogens with zero attached hydrogens (tertiary/aromatic N) is 1. The van der Waals surface area contributed by atoms with Crippen molar-refractivity contribution in [2.24, 2.45) is 0 Å². The lowest BCUT2D eigenvalue weighted by atomic mass is 9.85. The molecule has 0 aromatic rings. The molecule has 0 aromatic heterocycles. The van der Waals surface area contributed by atoms with Gasteiger partial charge in [0.25, 0.3) is 0 Å². The van der Waals surface area contributed by atoms with Gasteiger partial charge in [-0.2, -0.15) is 0 Å². The number of carboxylic acid groups (broad SMARTS) is 1. The maximum Gasteiger partial charge on any atom is 0.410 e. The molecule has 0 radical (unpaired) electrons. The number of ether oxygens (including phenoxy) is 1. The van der Waals surface area contributed by atoms with Gasteiger partial charge in [0.15, 0.2) is 0 Å². The monoisotopic (exact) mass is 284 g/mol. The largest absolute Gasteiger partial charge is 0.481 e. The molecular weight excluding hydrogens is 260 g/mol. The van der Waals surface area contributed by atoms with Gasteiger partial charge in [-0.15, -0.1) is 6.58 Å². The van der Waals surface area contributed by atoms with Crippen LogP contribution in [-0.4, -0.2) is 52.3 Å². The normalized spacial score (nSPS) is 18.9. The molecule has 6 heteroatoms. The van der Waals surface area contributed by atoms with Crippen LogP contribution in [0.5, 0.6) is 0 Å². The van der Waals surface area contributed by atoms with E-state index in [4.69, 9.17) is 9.84 Å². The van der Waals surface area contributed by atoms with Crippen LogP contribution in [-0.2, 0) is 9.53 Å². The summed E-state index contributed by atoms with van der Waals surface area (Å²) in [6.45, 7) is 11.6. The summed E-state index contributed by atoms with van der Waals surface area (Å²) in [4.78, 5) is 24.4. The minimum Gasteiger partial charge on any atom is -0.481 e. The molecule has 0 aliphatic carbocycles. The molecule has 0 aromatic carbocycles. The van der Waals surface area contributed by atoms with Crippen LogP contribution < -0.4 is 5.32 Å². The number of likely N-dealkylation sites (tertiary alicyclic amines) is 1. The van der Waals surface area contributed by atoms with Crippen molar-refractivity contribution in [1.29, 1.82) is 0 Å². The zero-order valence-electron chi connectivity index (χ0n) is 12.6. The van der Waals surface area contributed by atoms with Crippen molar-refractivity contribution in [1.82, 2.24) is 10.2 Å². The van der Waals surface area contributed by atoms with E-state index in [1.54, 1.807) is 26.8 Å². The van der Waals surface area contributed by atoms with Crippen LogP contribution in [0.2, 0.25) is 0 Å². The molecule has 6 nitrogen and oxygen atoms in total. The standard InChI is InChI=1S/C14H24N2O4/c1-6-10(2)15-14(7-11(17)18)8-16(9-14)12(19)20-13(3,4)5/h6,10,15H,1,7-9H2,2-5H3,(H,17,18). The smallest absolute Gasteiger partial charge is 0.410 e. The molecule has 0 saturated carbocycles. The summed E-state index contributed by atoms with van der Waals surface area (Å²) >= 11 is 0. The number of carboxylic acids is 1. The summed E-state index contributed by atoms with van der Waals surface area (Å²) in [6, 6.07) is -0.0184. The second kappa shape index (κ2) is 5.83. The van der Waals surface area contributed by atoms with Crippen molar-refractivity contribution < 1.29 is 19.4 Å². The highest BCUT2D eigenvalue weighted by Crippen LogP contribution is 2.27. The summed E-state index contributed by atoms with van der Waals surface area (Å²) in [5, 5.41) is 12.2. The highest BCUT2D eigenvalue weighted by molar-refractivity contribution is 5.73. The molecule has 1 fully saturated rings. The molecule has 1 aliphatic heterocycles. The van der Waals surface area contributed by atoms with Gasteiger partial charge in [-0.05, 0) is 27.7 Å². The zero-order chi connectivity index (χ0) is 15.6. The molecule has 2 N–H and O–H groups in total. The van der Waals surface area contributed by atoms with Crippen LogP contribution >= 0.6 is 0 Å². The lowest BCUT2D eigenvalue weighted by molar-refractivity contribution is -0.141. The fourth-order valence-electron chi connectivity index (χ4n) is 2.23. The lowest BCUT2D eigenvalue weighted by Gasteiger charge is -2.50. The Morgan fingerprint density at radius 2 is 2.05 bits per heavy atom. The predicted octanol–water partition coefficient (Wildman–Crippen LogP) is 1.61. The van der Waals surface area contributed by atoms with E-state index in [1.165, 1.54) is 4.90 Å². The fraction of sp³-hybridized carbons (Fsp3) is 0.714. The Morgan fingerprint density at radius 1 is 1.50 bits per heavy atom. The minimum absolute atomic E-state index is 0.0184. The van der Waals surface area contributed by atoms with Crippen molar-refractivity contribution in [2.45, 2.75) is 51.3 Å². The van der Waals surface area contributed by atoms with Gasteiger partial charge in [-0.3, -0.25) is 4.79 Å². The first kappa shape index (κ1) is 16.5. The quantitative estimate of drug-likeness (QED) is 0.750. The molecule has 1 saturated heterocycles. The molecular formula is C14H24N2O4. The fourth-order valence-corrected chi connectivity index (χ4v) is 2.23. The maximum atomic E-state index is 11.9. The van der Waals surface area contributed by atoms with E-state index in [0.29, 0.717) is 13.1 Å². The highest BCUT2D eigenvalue weighted by atomic mass is 16.6. The SMILES string of the molecule is C=CC(C)NC1(CC(=O)O)CN(C(=O)OC(C)(C)C)C1. The van der Waals surface area contributed by atoms with Gasteiger partial charge in [0, 0.05) is 19.1 Å².